The predicted molar refractivity (Wildman–Crippen MR) is 119 cm³/mol. The molecule has 3 aromatic carbocycles. The molecule has 5 rings (SSSR count). The molecule has 0 radical (unpaired) electrons. The maximum absolute atomic E-state index is 13.2. The molecule has 0 aromatic heterocycles. The zero-order valence-electron chi connectivity index (χ0n) is 16.6. The van der Waals surface area contributed by atoms with Gasteiger partial charge in [0.05, 0.1) is 30.5 Å². The minimum Gasteiger partial charge on any atom is -0.507 e. The van der Waals surface area contributed by atoms with Crippen molar-refractivity contribution in [3.63, 3.8) is 0 Å². The van der Waals surface area contributed by atoms with Crippen LogP contribution in [0.3, 0.4) is 0 Å². The standard InChI is InChI=1S/C24H18BrNO5/c1-29-16-7-5-14(6-8-16)12-26-19(23-17(24(26)28)3-2-4-20(23)27)9-15-10-21-22(11-18(15)25)31-13-30-21/h2-11,27H,12-13H2,1H3/b19-9-. The molecule has 3 aromatic rings. The van der Waals surface area contributed by atoms with Gasteiger partial charge in [0.25, 0.3) is 5.91 Å². The number of rotatable bonds is 4. The lowest BCUT2D eigenvalue weighted by molar-refractivity contribution is 0.0843. The van der Waals surface area contributed by atoms with E-state index in [-0.39, 0.29) is 18.4 Å². The lowest BCUT2D eigenvalue weighted by Crippen LogP contribution is -2.22. The Kier molecular flexibility index (Phi) is 4.82. The Bertz CT molecular complexity index is 1220. The third-order valence-corrected chi connectivity index (χ3v) is 6.04. The molecule has 156 valence electrons. The molecular weight excluding hydrogens is 462 g/mol. The average molecular weight is 480 g/mol. The van der Waals surface area contributed by atoms with Crippen molar-refractivity contribution in [2.45, 2.75) is 6.54 Å². The number of benzene rings is 3. The van der Waals surface area contributed by atoms with Crippen molar-refractivity contribution in [2.24, 2.45) is 0 Å². The van der Waals surface area contributed by atoms with Gasteiger partial charge in [0.15, 0.2) is 11.5 Å². The Morgan fingerprint density at radius 3 is 2.61 bits per heavy atom. The highest BCUT2D eigenvalue weighted by atomic mass is 79.9. The maximum Gasteiger partial charge on any atom is 0.259 e. The Morgan fingerprint density at radius 2 is 1.87 bits per heavy atom. The molecule has 0 unspecified atom stereocenters. The molecule has 0 spiro atoms. The van der Waals surface area contributed by atoms with Gasteiger partial charge in [0.1, 0.15) is 11.5 Å². The number of aromatic hydroxyl groups is 1. The first-order valence-corrected chi connectivity index (χ1v) is 10.4. The van der Waals surface area contributed by atoms with Gasteiger partial charge in [0, 0.05) is 4.47 Å². The van der Waals surface area contributed by atoms with E-state index in [9.17, 15) is 9.90 Å². The fraction of sp³-hybridized carbons (Fsp3) is 0.125. The van der Waals surface area contributed by atoms with E-state index in [2.05, 4.69) is 15.9 Å². The van der Waals surface area contributed by atoms with Gasteiger partial charge in [-0.05, 0) is 53.6 Å². The molecule has 0 aliphatic carbocycles. The van der Waals surface area contributed by atoms with Gasteiger partial charge in [-0.1, -0.05) is 34.1 Å². The first-order valence-electron chi connectivity index (χ1n) is 9.63. The predicted octanol–water partition coefficient (Wildman–Crippen LogP) is 5.05. The number of halogens is 1. The van der Waals surface area contributed by atoms with Crippen LogP contribution < -0.4 is 14.2 Å². The molecular formula is C24H18BrNO5. The van der Waals surface area contributed by atoms with Crippen molar-refractivity contribution >= 4 is 33.6 Å². The van der Waals surface area contributed by atoms with E-state index >= 15 is 0 Å². The second-order valence-electron chi connectivity index (χ2n) is 7.20. The topological polar surface area (TPSA) is 68.2 Å². The largest absolute Gasteiger partial charge is 0.507 e. The number of fused-ring (bicyclic) bond motifs is 2. The van der Waals surface area contributed by atoms with E-state index in [1.807, 2.05) is 42.5 Å². The summed E-state index contributed by atoms with van der Waals surface area (Å²) in [6, 6.07) is 16.2. The second-order valence-corrected chi connectivity index (χ2v) is 8.05. The highest BCUT2D eigenvalue weighted by Crippen LogP contribution is 2.43. The van der Waals surface area contributed by atoms with Crippen molar-refractivity contribution in [2.75, 3.05) is 13.9 Å². The first kappa shape index (κ1) is 19.5. The molecule has 7 heteroatoms. The summed E-state index contributed by atoms with van der Waals surface area (Å²) >= 11 is 3.57. The zero-order valence-corrected chi connectivity index (χ0v) is 18.2. The summed E-state index contributed by atoms with van der Waals surface area (Å²) in [4.78, 5) is 14.9. The highest BCUT2D eigenvalue weighted by Gasteiger charge is 2.34. The number of phenols is 1. The fourth-order valence-corrected chi connectivity index (χ4v) is 4.23. The van der Waals surface area contributed by atoms with Gasteiger partial charge < -0.3 is 24.2 Å². The minimum atomic E-state index is -0.162. The number of hydrogen-bond acceptors (Lipinski definition) is 5. The quantitative estimate of drug-likeness (QED) is 0.567. The number of methoxy groups -OCH3 is 1. The van der Waals surface area contributed by atoms with Crippen molar-refractivity contribution in [3.8, 4) is 23.0 Å². The van der Waals surface area contributed by atoms with Crippen LogP contribution in [0.15, 0.2) is 59.1 Å². The van der Waals surface area contributed by atoms with E-state index < -0.39 is 0 Å². The van der Waals surface area contributed by atoms with E-state index in [0.29, 0.717) is 34.9 Å². The van der Waals surface area contributed by atoms with E-state index in [4.69, 9.17) is 14.2 Å². The molecule has 0 saturated carbocycles. The van der Waals surface area contributed by atoms with Crippen molar-refractivity contribution in [3.05, 3.63) is 81.3 Å². The number of carbonyl (C=O) groups excluding carboxylic acids is 1. The molecule has 31 heavy (non-hydrogen) atoms. The number of ether oxygens (including phenoxy) is 3. The molecule has 0 bridgehead atoms. The lowest BCUT2D eigenvalue weighted by atomic mass is 10.0. The first-order chi connectivity index (χ1) is 15.0. The summed E-state index contributed by atoms with van der Waals surface area (Å²) in [6.07, 6.45) is 1.87. The smallest absolute Gasteiger partial charge is 0.259 e. The third-order valence-electron chi connectivity index (χ3n) is 5.35. The summed E-state index contributed by atoms with van der Waals surface area (Å²) < 4.78 is 17.0. The summed E-state index contributed by atoms with van der Waals surface area (Å²) in [5.74, 6) is 1.95. The third kappa shape index (κ3) is 3.41. The minimum absolute atomic E-state index is 0.0613. The van der Waals surface area contributed by atoms with Crippen LogP contribution in [0.25, 0.3) is 11.8 Å². The molecule has 0 saturated heterocycles. The summed E-state index contributed by atoms with van der Waals surface area (Å²) in [6.45, 7) is 0.526. The molecule has 1 N–H and O–H groups in total. The van der Waals surface area contributed by atoms with Crippen LogP contribution in [0.5, 0.6) is 23.0 Å². The van der Waals surface area contributed by atoms with Crippen molar-refractivity contribution in [1.29, 1.82) is 0 Å². The van der Waals surface area contributed by atoms with Crippen LogP contribution in [-0.2, 0) is 6.54 Å². The number of nitrogens with zero attached hydrogens (tertiary/aromatic N) is 1. The van der Waals surface area contributed by atoms with Gasteiger partial charge in [-0.2, -0.15) is 0 Å². The van der Waals surface area contributed by atoms with Crippen LogP contribution in [0, 0.1) is 0 Å². The van der Waals surface area contributed by atoms with Gasteiger partial charge >= 0.3 is 0 Å². The molecule has 0 fully saturated rings. The SMILES string of the molecule is COc1ccc(CN2C(=O)c3cccc(O)c3/C2=C/c2cc3c(cc2Br)OCO3)cc1. The normalized spacial score (nSPS) is 15.5. The van der Waals surface area contributed by atoms with Crippen molar-refractivity contribution < 1.29 is 24.1 Å². The maximum atomic E-state index is 13.2. The second kappa shape index (κ2) is 7.67. The number of hydrogen-bond donors (Lipinski definition) is 1. The van der Waals surface area contributed by atoms with E-state index in [0.717, 1.165) is 21.3 Å². The monoisotopic (exact) mass is 479 g/mol. The van der Waals surface area contributed by atoms with Crippen LogP contribution >= 0.6 is 15.9 Å². The van der Waals surface area contributed by atoms with Crippen LogP contribution in [0.1, 0.15) is 27.0 Å². The Morgan fingerprint density at radius 1 is 1.13 bits per heavy atom. The highest BCUT2D eigenvalue weighted by molar-refractivity contribution is 9.10. The molecule has 2 heterocycles. The molecule has 2 aliphatic heterocycles. The van der Waals surface area contributed by atoms with Gasteiger partial charge in [0.2, 0.25) is 6.79 Å². The zero-order chi connectivity index (χ0) is 21.5. The van der Waals surface area contributed by atoms with Crippen LogP contribution in [-0.4, -0.2) is 29.8 Å². The summed E-state index contributed by atoms with van der Waals surface area (Å²) in [5, 5.41) is 10.6. The van der Waals surface area contributed by atoms with Gasteiger partial charge in [-0.25, -0.2) is 0 Å². The Hall–Kier alpha value is -3.45. The molecule has 6 nitrogen and oxygen atoms in total. The summed E-state index contributed by atoms with van der Waals surface area (Å²) in [7, 11) is 1.61. The molecule has 0 atom stereocenters. The van der Waals surface area contributed by atoms with Crippen LogP contribution in [0.4, 0.5) is 0 Å². The van der Waals surface area contributed by atoms with Gasteiger partial charge in [-0.15, -0.1) is 0 Å². The van der Waals surface area contributed by atoms with E-state index in [1.165, 1.54) is 0 Å². The van der Waals surface area contributed by atoms with Gasteiger partial charge in [-0.3, -0.25) is 4.79 Å². The molecule has 1 amide bonds. The molecule has 2 aliphatic rings. The number of phenolic OH excluding ortho intramolecular Hbond substituents is 1. The number of carbonyl (C=O) groups is 1. The average Bonchev–Trinajstić information content (AvgIpc) is 3.33. The van der Waals surface area contributed by atoms with E-state index in [1.54, 1.807) is 30.2 Å². The lowest BCUT2D eigenvalue weighted by Gasteiger charge is -2.19. The van der Waals surface area contributed by atoms with Crippen molar-refractivity contribution in [1.82, 2.24) is 4.90 Å². The van der Waals surface area contributed by atoms with Crippen LogP contribution in [0.2, 0.25) is 0 Å². The Balaban J connectivity index is 1.61. The fourth-order valence-electron chi connectivity index (χ4n) is 3.79. The number of amides is 1. The Labute approximate surface area is 187 Å². The summed E-state index contributed by atoms with van der Waals surface area (Å²) in [5.41, 5.74) is 3.36.